The molecule has 0 heterocycles. The molecule has 0 aromatic carbocycles. The van der Waals surface area contributed by atoms with E-state index in [9.17, 15) is 0 Å². The first-order valence-electron chi connectivity index (χ1n) is 2.17. The van der Waals surface area contributed by atoms with Gasteiger partial charge in [0.2, 0.25) is 0 Å². The van der Waals surface area contributed by atoms with Gasteiger partial charge < -0.3 is 8.58 Å². The Morgan fingerprint density at radius 2 is 1.33 bits per heavy atom. The van der Waals surface area contributed by atoms with Crippen molar-refractivity contribution in [3.63, 3.8) is 0 Å². The lowest BCUT2D eigenvalue weighted by Gasteiger charge is -2.30. The lowest BCUT2D eigenvalue weighted by atomic mass is 10.3. The first-order chi connectivity index (χ1) is 2.56. The maximum absolute atomic E-state index is 2.23. The van der Waals surface area contributed by atoms with Gasteiger partial charge in [0.1, 0.15) is 0 Å². The molecule has 0 saturated carbocycles. The Balaban J connectivity index is 3.17. The molecule has 0 fully saturated rings. The standard InChI is InChI=1S/C5H12P/c1-5(2,3)6-4/h1-4H3/q-1. The van der Waals surface area contributed by atoms with Gasteiger partial charge in [-0.15, -0.1) is 0 Å². The van der Waals surface area contributed by atoms with E-state index in [2.05, 4.69) is 27.4 Å². The minimum absolute atomic E-state index is 0.514. The van der Waals surface area contributed by atoms with Crippen LogP contribution in [0.4, 0.5) is 0 Å². The second-order valence-electron chi connectivity index (χ2n) is 2.39. The number of hydrogen-bond donors (Lipinski definition) is 0. The van der Waals surface area contributed by atoms with E-state index in [-0.39, 0.29) is 0 Å². The van der Waals surface area contributed by atoms with Crippen LogP contribution in [-0.2, 0) is 0 Å². The summed E-state index contributed by atoms with van der Waals surface area (Å²) in [7, 11) is 1.47. The summed E-state index contributed by atoms with van der Waals surface area (Å²) in [6.07, 6.45) is 0. The minimum Gasteiger partial charge on any atom is -0.537 e. The first kappa shape index (κ1) is 6.43. The molecule has 1 heteroatoms. The molecule has 0 nitrogen and oxygen atoms in total. The average Bonchev–Trinajstić information content (AvgIpc) is 1.35. The van der Waals surface area contributed by atoms with E-state index in [0.717, 1.165) is 0 Å². The van der Waals surface area contributed by atoms with Gasteiger partial charge >= 0.3 is 0 Å². The molecule has 0 aliphatic heterocycles. The van der Waals surface area contributed by atoms with Gasteiger partial charge in [0.15, 0.2) is 0 Å². The van der Waals surface area contributed by atoms with E-state index >= 15 is 0 Å². The van der Waals surface area contributed by atoms with Crippen LogP contribution in [0.1, 0.15) is 20.8 Å². The quantitative estimate of drug-likeness (QED) is 0.413. The summed E-state index contributed by atoms with van der Waals surface area (Å²) in [6.45, 7) is 8.87. The van der Waals surface area contributed by atoms with Crippen molar-refractivity contribution < 1.29 is 0 Å². The van der Waals surface area contributed by atoms with Gasteiger partial charge in [0.25, 0.3) is 0 Å². The molecule has 0 rings (SSSR count). The molecular formula is C5H12P-. The molecule has 0 amide bonds. The van der Waals surface area contributed by atoms with E-state index in [4.69, 9.17) is 0 Å². The van der Waals surface area contributed by atoms with Crippen molar-refractivity contribution >= 4 is 8.58 Å². The van der Waals surface area contributed by atoms with E-state index in [1.54, 1.807) is 0 Å². The van der Waals surface area contributed by atoms with Gasteiger partial charge in [0, 0.05) is 0 Å². The largest absolute Gasteiger partial charge is 0.537 e. The molecule has 0 aromatic rings. The summed E-state index contributed by atoms with van der Waals surface area (Å²) in [5.74, 6) is 0. The van der Waals surface area contributed by atoms with Crippen LogP contribution in [0.5, 0.6) is 0 Å². The van der Waals surface area contributed by atoms with Gasteiger partial charge in [0.05, 0.1) is 0 Å². The predicted octanol–water partition coefficient (Wildman–Crippen LogP) is 2.36. The molecule has 0 spiro atoms. The van der Waals surface area contributed by atoms with Gasteiger partial charge in [-0.1, -0.05) is 20.8 Å². The normalized spacial score (nSPS) is 14.0. The molecule has 0 aromatic heterocycles. The average molecular weight is 103 g/mol. The summed E-state index contributed by atoms with van der Waals surface area (Å²) in [5, 5.41) is 0.514. The molecule has 0 aliphatic rings. The molecule has 0 N–H and O–H groups in total. The highest BCUT2D eigenvalue weighted by molar-refractivity contribution is 7.38. The third-order valence-corrected chi connectivity index (χ3v) is 2.01. The Kier molecular flexibility index (Phi) is 2.07. The monoisotopic (exact) mass is 103 g/mol. The molecule has 0 bridgehead atoms. The zero-order valence-corrected chi connectivity index (χ0v) is 5.84. The number of rotatable bonds is 0. The lowest BCUT2D eigenvalue weighted by molar-refractivity contribution is 0.797. The van der Waals surface area contributed by atoms with E-state index in [1.807, 2.05) is 0 Å². The third-order valence-electron chi connectivity index (χ3n) is 0.671. The number of hydrogen-bond acceptors (Lipinski definition) is 0. The van der Waals surface area contributed by atoms with Crippen LogP contribution in [0.15, 0.2) is 0 Å². The highest BCUT2D eigenvalue weighted by Crippen LogP contribution is 2.25. The molecule has 6 heavy (non-hydrogen) atoms. The maximum atomic E-state index is 2.23. The van der Waals surface area contributed by atoms with Crippen LogP contribution in [0.25, 0.3) is 0 Å². The Morgan fingerprint density at radius 3 is 1.33 bits per heavy atom. The van der Waals surface area contributed by atoms with Crippen molar-refractivity contribution in [2.24, 2.45) is 0 Å². The van der Waals surface area contributed by atoms with Crippen molar-refractivity contribution in [3.05, 3.63) is 0 Å². The molecule has 0 atom stereocenters. The SMILES string of the molecule is C[P-]C(C)(C)C. The van der Waals surface area contributed by atoms with Crippen molar-refractivity contribution in [1.29, 1.82) is 0 Å². The van der Waals surface area contributed by atoms with Crippen molar-refractivity contribution in [2.45, 2.75) is 25.9 Å². The first-order valence-corrected chi connectivity index (χ1v) is 3.51. The summed E-state index contributed by atoms with van der Waals surface area (Å²) < 4.78 is 0. The second-order valence-corrected chi connectivity index (χ2v) is 4.18. The fourth-order valence-corrected chi connectivity index (χ4v) is 0. The molecule has 0 aliphatic carbocycles. The summed E-state index contributed by atoms with van der Waals surface area (Å²) in [4.78, 5) is 0. The van der Waals surface area contributed by atoms with Crippen molar-refractivity contribution in [1.82, 2.24) is 0 Å². The Labute approximate surface area is 42.1 Å². The van der Waals surface area contributed by atoms with Crippen LogP contribution >= 0.6 is 8.58 Å². The summed E-state index contributed by atoms with van der Waals surface area (Å²) >= 11 is 0. The second kappa shape index (κ2) is 1.93. The van der Waals surface area contributed by atoms with E-state index in [0.29, 0.717) is 5.16 Å². The van der Waals surface area contributed by atoms with Crippen LogP contribution in [-0.4, -0.2) is 11.8 Å². The van der Waals surface area contributed by atoms with Crippen molar-refractivity contribution in [2.75, 3.05) is 6.66 Å². The Hall–Kier alpha value is 0.430. The van der Waals surface area contributed by atoms with E-state index in [1.165, 1.54) is 8.58 Å². The van der Waals surface area contributed by atoms with Crippen LogP contribution in [0.3, 0.4) is 0 Å². The van der Waals surface area contributed by atoms with Gasteiger partial charge in [-0.05, 0) is 0 Å². The Bertz CT molecular complexity index is 33.7. The zero-order chi connectivity index (χ0) is 5.21. The molecule has 38 valence electrons. The molecular weight excluding hydrogens is 91.0 g/mol. The van der Waals surface area contributed by atoms with Gasteiger partial charge in [-0.25, -0.2) is 0 Å². The third kappa shape index (κ3) is 4.43. The highest BCUT2D eigenvalue weighted by Gasteiger charge is 1.88. The topological polar surface area (TPSA) is 0 Å². The fourth-order valence-electron chi connectivity index (χ4n) is 0. The molecule has 0 saturated heterocycles. The minimum atomic E-state index is 0.514. The Morgan fingerprint density at radius 1 is 1.17 bits per heavy atom. The fraction of sp³-hybridized carbons (Fsp3) is 1.00. The highest BCUT2D eigenvalue weighted by atomic mass is 31.1. The van der Waals surface area contributed by atoms with Crippen LogP contribution in [0, 0.1) is 0 Å². The van der Waals surface area contributed by atoms with Crippen LogP contribution < -0.4 is 0 Å². The smallest absolute Gasteiger partial charge is 0.0865 e. The molecule has 0 unspecified atom stereocenters. The predicted molar refractivity (Wildman–Crippen MR) is 32.6 cm³/mol. The summed E-state index contributed by atoms with van der Waals surface area (Å²) in [6, 6.07) is 0. The van der Waals surface area contributed by atoms with Crippen LogP contribution in [0.2, 0.25) is 0 Å². The van der Waals surface area contributed by atoms with Crippen molar-refractivity contribution in [3.8, 4) is 0 Å². The van der Waals surface area contributed by atoms with Gasteiger partial charge in [-0.3, -0.25) is 0 Å². The maximum Gasteiger partial charge on any atom is -0.0865 e. The molecule has 0 radical (unpaired) electrons. The lowest BCUT2D eigenvalue weighted by Crippen LogP contribution is -2.02. The van der Waals surface area contributed by atoms with Gasteiger partial charge in [-0.2, -0.15) is 11.8 Å². The zero-order valence-electron chi connectivity index (χ0n) is 4.95. The summed E-state index contributed by atoms with van der Waals surface area (Å²) in [5.41, 5.74) is 0. The van der Waals surface area contributed by atoms with E-state index < -0.39 is 0 Å².